The highest BCUT2D eigenvalue weighted by molar-refractivity contribution is 9.10. The minimum atomic E-state index is 0.249. The summed E-state index contributed by atoms with van der Waals surface area (Å²) in [6, 6.07) is 13.2. The number of fused-ring (bicyclic) bond motifs is 1. The molecule has 1 aromatic heterocycles. The van der Waals surface area contributed by atoms with Crippen molar-refractivity contribution < 1.29 is 0 Å². The zero-order valence-corrected chi connectivity index (χ0v) is 14.6. The molecule has 0 saturated carbocycles. The van der Waals surface area contributed by atoms with Crippen LogP contribution in [0.2, 0.25) is 0 Å². The molecule has 1 nitrogen and oxygen atoms in total. The van der Waals surface area contributed by atoms with E-state index in [4.69, 9.17) is 0 Å². The van der Waals surface area contributed by atoms with Gasteiger partial charge in [-0.3, -0.25) is 0 Å². The second kappa shape index (κ2) is 6.30. The monoisotopic (exact) mass is 359 g/mol. The highest BCUT2D eigenvalue weighted by atomic mass is 79.9. The van der Waals surface area contributed by atoms with Gasteiger partial charge in [0.1, 0.15) is 0 Å². The predicted molar refractivity (Wildman–Crippen MR) is 96.2 cm³/mol. The Balaban J connectivity index is 2.21. The van der Waals surface area contributed by atoms with E-state index >= 15 is 0 Å². The molecular formula is C18H18BrNS. The molecule has 3 aromatic rings. The fourth-order valence-electron chi connectivity index (χ4n) is 2.79. The number of hydrogen-bond donors (Lipinski definition) is 1. The Morgan fingerprint density at radius 2 is 1.81 bits per heavy atom. The van der Waals surface area contributed by atoms with Gasteiger partial charge in [0, 0.05) is 4.47 Å². The topological polar surface area (TPSA) is 12.0 Å². The summed E-state index contributed by atoms with van der Waals surface area (Å²) in [5, 5.41) is 10.7. The van der Waals surface area contributed by atoms with Crippen molar-refractivity contribution in [3.63, 3.8) is 0 Å². The van der Waals surface area contributed by atoms with Crippen molar-refractivity contribution in [2.75, 3.05) is 6.54 Å². The van der Waals surface area contributed by atoms with Crippen LogP contribution in [0.3, 0.4) is 0 Å². The lowest BCUT2D eigenvalue weighted by Crippen LogP contribution is -2.22. The van der Waals surface area contributed by atoms with E-state index in [1.807, 2.05) is 0 Å². The highest BCUT2D eigenvalue weighted by Gasteiger charge is 2.18. The first-order valence-electron chi connectivity index (χ1n) is 7.15. The van der Waals surface area contributed by atoms with E-state index in [0.717, 1.165) is 11.0 Å². The van der Waals surface area contributed by atoms with Gasteiger partial charge < -0.3 is 5.32 Å². The van der Waals surface area contributed by atoms with Crippen LogP contribution < -0.4 is 5.32 Å². The Kier molecular flexibility index (Phi) is 4.43. The third-order valence-corrected chi connectivity index (χ3v) is 5.40. The largest absolute Gasteiger partial charge is 0.306 e. The first kappa shape index (κ1) is 14.8. The van der Waals surface area contributed by atoms with E-state index in [2.05, 4.69) is 82.3 Å². The lowest BCUT2D eigenvalue weighted by Gasteiger charge is -2.21. The van der Waals surface area contributed by atoms with Crippen LogP contribution >= 0.6 is 27.3 Å². The third-order valence-electron chi connectivity index (χ3n) is 3.83. The van der Waals surface area contributed by atoms with Crippen LogP contribution in [0.25, 0.3) is 10.8 Å². The second-order valence-electron chi connectivity index (χ2n) is 5.18. The minimum Gasteiger partial charge on any atom is -0.306 e. The van der Waals surface area contributed by atoms with Gasteiger partial charge in [0.2, 0.25) is 0 Å². The molecule has 0 bridgehead atoms. The van der Waals surface area contributed by atoms with Gasteiger partial charge in [-0.2, -0.15) is 11.3 Å². The van der Waals surface area contributed by atoms with Crippen molar-refractivity contribution >= 4 is 38.0 Å². The molecule has 0 radical (unpaired) electrons. The smallest absolute Gasteiger partial charge is 0.0593 e. The Bertz CT molecular complexity index is 763. The molecule has 21 heavy (non-hydrogen) atoms. The maximum atomic E-state index is 3.66. The van der Waals surface area contributed by atoms with Crippen molar-refractivity contribution in [1.29, 1.82) is 0 Å². The normalized spacial score (nSPS) is 12.7. The lowest BCUT2D eigenvalue weighted by atomic mass is 9.93. The van der Waals surface area contributed by atoms with Crippen molar-refractivity contribution in [2.45, 2.75) is 19.9 Å². The Hall–Kier alpha value is -1.16. The molecule has 1 heterocycles. The molecule has 2 aromatic carbocycles. The number of benzene rings is 2. The van der Waals surface area contributed by atoms with Crippen LogP contribution in [0.15, 0.2) is 51.6 Å². The van der Waals surface area contributed by atoms with Crippen LogP contribution in [-0.2, 0) is 0 Å². The van der Waals surface area contributed by atoms with Gasteiger partial charge in [-0.25, -0.2) is 0 Å². The van der Waals surface area contributed by atoms with E-state index in [9.17, 15) is 0 Å². The summed E-state index contributed by atoms with van der Waals surface area (Å²) >= 11 is 5.44. The third kappa shape index (κ3) is 2.78. The van der Waals surface area contributed by atoms with Crippen molar-refractivity contribution in [3.05, 3.63) is 68.3 Å². The molecule has 0 aliphatic heterocycles. The fraction of sp³-hybridized carbons (Fsp3) is 0.222. The van der Waals surface area contributed by atoms with E-state index in [-0.39, 0.29) is 6.04 Å². The number of aryl methyl sites for hydroxylation is 1. The molecule has 0 fully saturated rings. The molecule has 0 aliphatic carbocycles. The number of halogens is 1. The first-order valence-corrected chi connectivity index (χ1v) is 8.89. The molecule has 1 N–H and O–H groups in total. The maximum absolute atomic E-state index is 3.66. The molecule has 0 aliphatic rings. The molecule has 0 spiro atoms. The molecule has 0 saturated heterocycles. The number of nitrogens with one attached hydrogen (secondary N) is 1. The highest BCUT2D eigenvalue weighted by Crippen LogP contribution is 2.34. The minimum absolute atomic E-state index is 0.249. The number of thiophene rings is 1. The summed E-state index contributed by atoms with van der Waals surface area (Å²) < 4.78 is 1.15. The van der Waals surface area contributed by atoms with Crippen molar-refractivity contribution in [1.82, 2.24) is 5.32 Å². The van der Waals surface area contributed by atoms with Crippen LogP contribution in [0.5, 0.6) is 0 Å². The van der Waals surface area contributed by atoms with Gasteiger partial charge in [-0.1, -0.05) is 53.2 Å². The summed E-state index contributed by atoms with van der Waals surface area (Å²) in [4.78, 5) is 0. The number of rotatable bonds is 4. The summed E-state index contributed by atoms with van der Waals surface area (Å²) in [6.07, 6.45) is 0. The summed E-state index contributed by atoms with van der Waals surface area (Å²) in [5.41, 5.74) is 4.09. The van der Waals surface area contributed by atoms with E-state index in [0.29, 0.717) is 0 Å². The average Bonchev–Trinajstić information content (AvgIpc) is 2.92. The van der Waals surface area contributed by atoms with Gasteiger partial charge in [0.25, 0.3) is 0 Å². The Labute approximate surface area is 138 Å². The predicted octanol–water partition coefficient (Wildman–Crippen LogP) is 5.67. The Morgan fingerprint density at radius 1 is 1.05 bits per heavy atom. The quantitative estimate of drug-likeness (QED) is 0.632. The van der Waals surface area contributed by atoms with Crippen LogP contribution in [0.1, 0.15) is 29.7 Å². The summed E-state index contributed by atoms with van der Waals surface area (Å²) in [7, 11) is 0. The zero-order valence-electron chi connectivity index (χ0n) is 12.2. The van der Waals surface area contributed by atoms with Gasteiger partial charge >= 0.3 is 0 Å². The molecule has 3 rings (SSSR count). The fourth-order valence-corrected chi connectivity index (χ4v) is 4.15. The maximum Gasteiger partial charge on any atom is 0.0593 e. The van der Waals surface area contributed by atoms with Crippen LogP contribution in [0.4, 0.5) is 0 Å². The Morgan fingerprint density at radius 3 is 2.48 bits per heavy atom. The lowest BCUT2D eigenvalue weighted by molar-refractivity contribution is 0.633. The molecule has 0 amide bonds. The van der Waals surface area contributed by atoms with Crippen molar-refractivity contribution in [3.8, 4) is 0 Å². The second-order valence-corrected chi connectivity index (χ2v) is 6.78. The van der Waals surface area contributed by atoms with E-state index < -0.39 is 0 Å². The summed E-state index contributed by atoms with van der Waals surface area (Å²) in [5.74, 6) is 0. The molecule has 3 heteroatoms. The van der Waals surface area contributed by atoms with Gasteiger partial charge in [0.05, 0.1) is 6.04 Å². The van der Waals surface area contributed by atoms with Gasteiger partial charge in [-0.05, 0) is 57.8 Å². The molecule has 1 unspecified atom stereocenters. The van der Waals surface area contributed by atoms with Gasteiger partial charge in [0.15, 0.2) is 0 Å². The van der Waals surface area contributed by atoms with Crippen LogP contribution in [-0.4, -0.2) is 6.54 Å². The summed E-state index contributed by atoms with van der Waals surface area (Å²) in [6.45, 7) is 5.30. The van der Waals surface area contributed by atoms with Crippen molar-refractivity contribution in [2.24, 2.45) is 0 Å². The van der Waals surface area contributed by atoms with Crippen LogP contribution in [0, 0.1) is 6.92 Å². The van der Waals surface area contributed by atoms with E-state index in [1.54, 1.807) is 11.3 Å². The SMILES string of the molecule is CCNC(c1cscc1C)c1ccc(Br)c2ccccc12. The standard InChI is InChI=1S/C18H18BrNS/c1-3-20-18(16-11-21-10-12(16)2)15-8-9-17(19)14-7-5-4-6-13(14)15/h4-11,18,20H,3H2,1-2H3. The zero-order chi connectivity index (χ0) is 14.8. The van der Waals surface area contributed by atoms with Gasteiger partial charge in [-0.15, -0.1) is 0 Å². The van der Waals surface area contributed by atoms with E-state index in [1.165, 1.54) is 27.5 Å². The average molecular weight is 360 g/mol. The molecule has 108 valence electrons. The number of hydrogen-bond acceptors (Lipinski definition) is 2. The molecular weight excluding hydrogens is 342 g/mol. The first-order chi connectivity index (χ1) is 10.2. The molecule has 1 atom stereocenters.